The fourth-order valence-corrected chi connectivity index (χ4v) is 2.91. The number of likely N-dealkylation sites (tertiary alicyclic amines) is 1. The van der Waals surface area contributed by atoms with E-state index in [2.05, 4.69) is 0 Å². The summed E-state index contributed by atoms with van der Waals surface area (Å²) < 4.78 is 13.3. The summed E-state index contributed by atoms with van der Waals surface area (Å²) in [4.78, 5) is 13.6. The third kappa shape index (κ3) is 2.95. The lowest BCUT2D eigenvalue weighted by Crippen LogP contribution is -2.29. The largest absolute Gasteiger partial charge is 0.336 e. The number of nitrogens with two attached hydrogens (primary N) is 1. The molecule has 0 saturated carbocycles. The van der Waals surface area contributed by atoms with E-state index < -0.39 is 0 Å². The van der Waals surface area contributed by atoms with Gasteiger partial charge < -0.3 is 10.6 Å². The number of halogens is 1. The van der Waals surface area contributed by atoms with E-state index in [0.717, 1.165) is 24.9 Å². The molecule has 1 saturated heterocycles. The Morgan fingerprint density at radius 3 is 2.84 bits per heavy atom. The Labute approximate surface area is 113 Å². The standard InChI is InChI=1S/C15H21FN2O/c1-10-7-13(3-4-14(10)16)15-8-12(5-6-17)9-18(15)11(2)19/h3-4,7,12,15H,5-6,8-9,17H2,1-2H3. The van der Waals surface area contributed by atoms with E-state index in [1.54, 1.807) is 19.9 Å². The van der Waals surface area contributed by atoms with Crippen LogP contribution in [0.15, 0.2) is 18.2 Å². The SMILES string of the molecule is CC(=O)N1CC(CCN)CC1c1ccc(F)c(C)c1. The molecule has 4 heteroatoms. The molecule has 1 aromatic carbocycles. The molecule has 2 rings (SSSR count). The van der Waals surface area contributed by atoms with Crippen LogP contribution in [0, 0.1) is 18.7 Å². The Hall–Kier alpha value is -1.42. The predicted molar refractivity (Wildman–Crippen MR) is 73.0 cm³/mol. The number of amides is 1. The first-order chi connectivity index (χ1) is 9.02. The molecule has 3 nitrogen and oxygen atoms in total. The fourth-order valence-electron chi connectivity index (χ4n) is 2.91. The molecule has 1 heterocycles. The van der Waals surface area contributed by atoms with Gasteiger partial charge in [0.25, 0.3) is 0 Å². The van der Waals surface area contributed by atoms with E-state index >= 15 is 0 Å². The predicted octanol–water partition coefficient (Wildman–Crippen LogP) is 2.39. The maximum Gasteiger partial charge on any atom is 0.219 e. The lowest BCUT2D eigenvalue weighted by atomic mass is 9.96. The Morgan fingerprint density at radius 1 is 1.53 bits per heavy atom. The van der Waals surface area contributed by atoms with E-state index in [9.17, 15) is 9.18 Å². The van der Waals surface area contributed by atoms with Gasteiger partial charge in [0.2, 0.25) is 5.91 Å². The van der Waals surface area contributed by atoms with Crippen LogP contribution < -0.4 is 5.73 Å². The molecular weight excluding hydrogens is 243 g/mol. The van der Waals surface area contributed by atoms with Crippen LogP contribution >= 0.6 is 0 Å². The van der Waals surface area contributed by atoms with Crippen LogP contribution in [0.5, 0.6) is 0 Å². The van der Waals surface area contributed by atoms with Crippen molar-refractivity contribution in [3.05, 3.63) is 35.1 Å². The average Bonchev–Trinajstić information content (AvgIpc) is 2.77. The van der Waals surface area contributed by atoms with Crippen LogP contribution in [0.25, 0.3) is 0 Å². The second-order valence-corrected chi connectivity index (χ2v) is 5.37. The summed E-state index contributed by atoms with van der Waals surface area (Å²) in [5.41, 5.74) is 7.25. The van der Waals surface area contributed by atoms with Crippen molar-refractivity contribution >= 4 is 5.91 Å². The van der Waals surface area contributed by atoms with Gasteiger partial charge in [0.15, 0.2) is 0 Å². The van der Waals surface area contributed by atoms with Gasteiger partial charge in [-0.2, -0.15) is 0 Å². The lowest BCUT2D eigenvalue weighted by Gasteiger charge is -2.24. The van der Waals surface area contributed by atoms with Gasteiger partial charge in [-0.1, -0.05) is 12.1 Å². The molecule has 2 N–H and O–H groups in total. The molecule has 1 aromatic rings. The highest BCUT2D eigenvalue weighted by atomic mass is 19.1. The second-order valence-electron chi connectivity index (χ2n) is 5.37. The molecule has 1 amide bonds. The topological polar surface area (TPSA) is 46.3 Å². The van der Waals surface area contributed by atoms with Gasteiger partial charge in [-0.3, -0.25) is 4.79 Å². The molecule has 1 aliphatic heterocycles. The monoisotopic (exact) mass is 264 g/mol. The molecule has 1 aliphatic rings. The van der Waals surface area contributed by atoms with Gasteiger partial charge in [-0.05, 0) is 49.4 Å². The minimum absolute atomic E-state index is 0.0633. The van der Waals surface area contributed by atoms with Crippen LogP contribution in [0.3, 0.4) is 0 Å². The Morgan fingerprint density at radius 2 is 2.26 bits per heavy atom. The van der Waals surface area contributed by atoms with Crippen molar-refractivity contribution in [2.45, 2.75) is 32.7 Å². The maximum atomic E-state index is 13.3. The highest BCUT2D eigenvalue weighted by molar-refractivity contribution is 5.74. The van der Waals surface area contributed by atoms with Crippen molar-refractivity contribution in [2.75, 3.05) is 13.1 Å². The highest BCUT2D eigenvalue weighted by Crippen LogP contribution is 2.37. The minimum Gasteiger partial charge on any atom is -0.336 e. The molecule has 0 aliphatic carbocycles. The van der Waals surface area contributed by atoms with Crippen LogP contribution in [0.4, 0.5) is 4.39 Å². The van der Waals surface area contributed by atoms with Crippen molar-refractivity contribution in [1.29, 1.82) is 0 Å². The number of nitrogens with zero attached hydrogens (tertiary/aromatic N) is 1. The first-order valence-corrected chi connectivity index (χ1v) is 6.76. The van der Waals surface area contributed by atoms with Crippen LogP contribution in [-0.4, -0.2) is 23.9 Å². The van der Waals surface area contributed by atoms with Gasteiger partial charge in [0.1, 0.15) is 5.82 Å². The molecule has 104 valence electrons. The van der Waals surface area contributed by atoms with Crippen molar-refractivity contribution in [3.63, 3.8) is 0 Å². The molecule has 0 radical (unpaired) electrons. The zero-order valence-corrected chi connectivity index (χ0v) is 11.5. The number of hydrogen-bond donors (Lipinski definition) is 1. The quantitative estimate of drug-likeness (QED) is 0.911. The highest BCUT2D eigenvalue weighted by Gasteiger charge is 2.34. The number of carbonyl (C=O) groups excluding carboxylic acids is 1. The van der Waals surface area contributed by atoms with E-state index in [1.165, 1.54) is 6.07 Å². The maximum absolute atomic E-state index is 13.3. The zero-order valence-electron chi connectivity index (χ0n) is 11.5. The van der Waals surface area contributed by atoms with Crippen molar-refractivity contribution in [1.82, 2.24) is 4.90 Å². The Kier molecular flexibility index (Phi) is 4.20. The summed E-state index contributed by atoms with van der Waals surface area (Å²) in [6.45, 7) is 4.75. The summed E-state index contributed by atoms with van der Waals surface area (Å²) in [5.74, 6) is 0.324. The van der Waals surface area contributed by atoms with Gasteiger partial charge in [-0.25, -0.2) is 4.39 Å². The number of rotatable bonds is 3. The Balaban J connectivity index is 2.25. The molecule has 0 aromatic heterocycles. The smallest absolute Gasteiger partial charge is 0.219 e. The van der Waals surface area contributed by atoms with E-state index in [4.69, 9.17) is 5.73 Å². The normalized spacial score (nSPS) is 22.8. The van der Waals surface area contributed by atoms with E-state index in [-0.39, 0.29) is 17.8 Å². The number of aryl methyl sites for hydroxylation is 1. The third-order valence-electron chi connectivity index (χ3n) is 3.93. The summed E-state index contributed by atoms with van der Waals surface area (Å²) in [6, 6.07) is 5.18. The Bertz CT molecular complexity index is 475. The number of hydrogen-bond acceptors (Lipinski definition) is 2. The van der Waals surface area contributed by atoms with E-state index in [1.807, 2.05) is 11.0 Å². The van der Waals surface area contributed by atoms with Gasteiger partial charge in [0.05, 0.1) is 6.04 Å². The lowest BCUT2D eigenvalue weighted by molar-refractivity contribution is -0.129. The molecule has 1 fully saturated rings. The molecular formula is C15H21FN2O. The molecule has 0 spiro atoms. The molecule has 0 bridgehead atoms. The van der Waals surface area contributed by atoms with Gasteiger partial charge in [-0.15, -0.1) is 0 Å². The average molecular weight is 264 g/mol. The summed E-state index contributed by atoms with van der Waals surface area (Å²) in [7, 11) is 0. The number of benzene rings is 1. The molecule has 19 heavy (non-hydrogen) atoms. The third-order valence-corrected chi connectivity index (χ3v) is 3.93. The molecule has 2 atom stereocenters. The summed E-state index contributed by atoms with van der Waals surface area (Å²) >= 11 is 0. The molecule has 2 unspecified atom stereocenters. The zero-order chi connectivity index (χ0) is 14.0. The van der Waals surface area contributed by atoms with Gasteiger partial charge >= 0.3 is 0 Å². The summed E-state index contributed by atoms with van der Waals surface area (Å²) in [5, 5.41) is 0. The van der Waals surface area contributed by atoms with Crippen LogP contribution in [0.2, 0.25) is 0 Å². The second kappa shape index (κ2) is 5.70. The fraction of sp³-hybridized carbons (Fsp3) is 0.533. The first-order valence-electron chi connectivity index (χ1n) is 6.76. The van der Waals surface area contributed by atoms with Crippen molar-refractivity contribution < 1.29 is 9.18 Å². The van der Waals surface area contributed by atoms with Crippen LogP contribution in [-0.2, 0) is 4.79 Å². The number of carbonyl (C=O) groups is 1. The van der Waals surface area contributed by atoms with Crippen molar-refractivity contribution in [3.8, 4) is 0 Å². The van der Waals surface area contributed by atoms with E-state index in [0.29, 0.717) is 18.0 Å². The summed E-state index contributed by atoms with van der Waals surface area (Å²) in [6.07, 6.45) is 1.85. The van der Waals surface area contributed by atoms with Gasteiger partial charge in [0, 0.05) is 13.5 Å². The van der Waals surface area contributed by atoms with Crippen molar-refractivity contribution in [2.24, 2.45) is 11.7 Å². The first kappa shape index (κ1) is 14.0. The van der Waals surface area contributed by atoms with Crippen LogP contribution in [0.1, 0.15) is 36.9 Å². The minimum atomic E-state index is -0.199.